The van der Waals surface area contributed by atoms with Gasteiger partial charge in [0.15, 0.2) is 0 Å². The second-order valence-electron chi connectivity index (χ2n) is 6.99. The van der Waals surface area contributed by atoms with Crippen LogP contribution < -0.4 is 16.9 Å². The van der Waals surface area contributed by atoms with Crippen LogP contribution in [0, 0.1) is 0 Å². The van der Waals surface area contributed by atoms with Gasteiger partial charge in [0.2, 0.25) is 5.91 Å². The summed E-state index contributed by atoms with van der Waals surface area (Å²) in [5.41, 5.74) is 8.17. The van der Waals surface area contributed by atoms with Crippen LogP contribution in [0.5, 0.6) is 0 Å². The zero-order chi connectivity index (χ0) is 23.2. The number of ether oxygens (including phenoxy) is 1. The third kappa shape index (κ3) is 10.2. The highest BCUT2D eigenvalue weighted by Gasteiger charge is 2.26. The van der Waals surface area contributed by atoms with E-state index in [-0.39, 0.29) is 25.3 Å². The Hall–Kier alpha value is -2.75. The first-order chi connectivity index (χ1) is 14.8. The standard InChI is InChI=1S/C22H35BN4O4/c1-4-17(14-19(5-2)31-6-3)15-21(23(29)30)26-22(28)12-13-27(25)16-20(24)18-10-8-7-9-11-18/h4,7-11,14,16,21,29-30H,5-6,12-13,15,24-25H2,1-3H3,(H,26,28)/b17-4+,19-14+,20-16-/t21-/m0/s1. The average Bonchev–Trinajstić information content (AvgIpc) is 2.76. The van der Waals surface area contributed by atoms with Crippen molar-refractivity contribution in [2.45, 2.75) is 46.0 Å². The number of hydrazine groups is 1. The summed E-state index contributed by atoms with van der Waals surface area (Å²) in [5, 5.41) is 23.4. The number of carbonyl (C=O) groups excluding carboxylic acids is 1. The molecule has 1 amide bonds. The van der Waals surface area contributed by atoms with Crippen molar-refractivity contribution in [3.05, 3.63) is 65.6 Å². The van der Waals surface area contributed by atoms with E-state index in [2.05, 4.69) is 5.32 Å². The zero-order valence-corrected chi connectivity index (χ0v) is 18.6. The summed E-state index contributed by atoms with van der Waals surface area (Å²) in [6.07, 6.45) is 6.32. The molecule has 0 spiro atoms. The SMILES string of the molecule is C/C=C(\C=C(/CC)OCC)C[C@H](NC(=O)CCN(N)/C=C(\N)c1ccccc1)B(O)O. The molecule has 1 rings (SSSR count). The lowest BCUT2D eigenvalue weighted by Gasteiger charge is -2.20. The number of hydrogen-bond donors (Lipinski definition) is 5. The van der Waals surface area contributed by atoms with Crippen molar-refractivity contribution in [2.75, 3.05) is 13.2 Å². The van der Waals surface area contributed by atoms with Crippen molar-refractivity contribution in [2.24, 2.45) is 11.6 Å². The maximum absolute atomic E-state index is 12.3. The van der Waals surface area contributed by atoms with Crippen LogP contribution in [0.1, 0.15) is 45.6 Å². The van der Waals surface area contributed by atoms with Crippen LogP contribution in [-0.4, -0.2) is 47.2 Å². The Balaban J connectivity index is 2.65. The van der Waals surface area contributed by atoms with Crippen molar-refractivity contribution < 1.29 is 19.6 Å². The minimum Gasteiger partial charge on any atom is -0.498 e. The summed E-state index contributed by atoms with van der Waals surface area (Å²) in [6, 6.07) is 9.36. The number of amides is 1. The van der Waals surface area contributed by atoms with Crippen molar-refractivity contribution in [1.82, 2.24) is 10.3 Å². The van der Waals surface area contributed by atoms with Crippen LogP contribution in [-0.2, 0) is 9.53 Å². The van der Waals surface area contributed by atoms with E-state index in [0.717, 1.165) is 23.3 Å². The number of allylic oxidation sites excluding steroid dienone is 3. The second-order valence-corrected chi connectivity index (χ2v) is 6.99. The molecule has 1 atom stereocenters. The Labute approximate surface area is 185 Å². The molecule has 170 valence electrons. The third-order valence-electron chi connectivity index (χ3n) is 4.57. The van der Waals surface area contributed by atoms with Crippen LogP contribution in [0.25, 0.3) is 5.70 Å². The number of carbonyl (C=O) groups is 1. The van der Waals surface area contributed by atoms with Gasteiger partial charge in [-0.15, -0.1) is 0 Å². The lowest BCUT2D eigenvalue weighted by Crippen LogP contribution is -2.47. The molecule has 0 aromatic heterocycles. The lowest BCUT2D eigenvalue weighted by molar-refractivity contribution is -0.121. The first kappa shape index (κ1) is 26.3. The van der Waals surface area contributed by atoms with Crippen LogP contribution in [0.15, 0.2) is 60.0 Å². The third-order valence-corrected chi connectivity index (χ3v) is 4.57. The van der Waals surface area contributed by atoms with E-state index >= 15 is 0 Å². The van der Waals surface area contributed by atoms with Gasteiger partial charge < -0.3 is 30.8 Å². The Kier molecular flexibility index (Phi) is 12.1. The predicted molar refractivity (Wildman–Crippen MR) is 125 cm³/mol. The fourth-order valence-corrected chi connectivity index (χ4v) is 2.84. The maximum Gasteiger partial charge on any atom is 0.475 e. The Morgan fingerprint density at radius 1 is 1.29 bits per heavy atom. The molecular formula is C22H35BN4O4. The Morgan fingerprint density at radius 2 is 1.97 bits per heavy atom. The molecule has 7 N–H and O–H groups in total. The molecule has 1 aromatic carbocycles. The van der Waals surface area contributed by atoms with E-state index in [1.54, 1.807) is 6.20 Å². The summed E-state index contributed by atoms with van der Waals surface area (Å²) < 4.78 is 5.55. The van der Waals surface area contributed by atoms with Gasteiger partial charge in [0, 0.05) is 25.6 Å². The molecule has 1 aromatic rings. The Bertz CT molecular complexity index is 766. The van der Waals surface area contributed by atoms with Gasteiger partial charge in [0.1, 0.15) is 0 Å². The summed E-state index contributed by atoms with van der Waals surface area (Å²) in [6.45, 7) is 6.51. The largest absolute Gasteiger partial charge is 0.498 e. The number of hydrogen-bond acceptors (Lipinski definition) is 7. The molecule has 0 aliphatic heterocycles. The fraction of sp³-hybridized carbons (Fsp3) is 0.409. The van der Waals surface area contributed by atoms with Crippen molar-refractivity contribution in [3.63, 3.8) is 0 Å². The Morgan fingerprint density at radius 3 is 2.52 bits per heavy atom. The topological polar surface area (TPSA) is 134 Å². The number of rotatable bonds is 13. The summed E-state index contributed by atoms with van der Waals surface area (Å²) in [4.78, 5) is 12.3. The molecular weight excluding hydrogens is 395 g/mol. The highest BCUT2D eigenvalue weighted by atomic mass is 16.5. The average molecular weight is 430 g/mol. The fourth-order valence-electron chi connectivity index (χ4n) is 2.84. The van der Waals surface area contributed by atoms with Gasteiger partial charge in [0.25, 0.3) is 0 Å². The molecule has 9 heteroatoms. The second kappa shape index (κ2) is 14.3. The molecule has 0 heterocycles. The molecule has 31 heavy (non-hydrogen) atoms. The molecule has 0 aliphatic rings. The van der Waals surface area contributed by atoms with Crippen LogP contribution in [0.2, 0.25) is 0 Å². The van der Waals surface area contributed by atoms with Crippen LogP contribution >= 0.6 is 0 Å². The minimum atomic E-state index is -1.70. The maximum atomic E-state index is 12.3. The molecule has 0 bridgehead atoms. The monoisotopic (exact) mass is 430 g/mol. The van der Waals surface area contributed by atoms with Gasteiger partial charge in [-0.25, -0.2) is 5.84 Å². The van der Waals surface area contributed by atoms with E-state index in [1.807, 2.05) is 63.3 Å². The minimum absolute atomic E-state index is 0.0679. The van der Waals surface area contributed by atoms with E-state index < -0.39 is 13.1 Å². The molecule has 0 saturated heterocycles. The quantitative estimate of drug-likeness (QED) is 0.106. The first-order valence-corrected chi connectivity index (χ1v) is 10.5. The highest BCUT2D eigenvalue weighted by Crippen LogP contribution is 2.14. The molecule has 0 saturated carbocycles. The number of nitrogens with zero attached hydrogens (tertiary/aromatic N) is 1. The van der Waals surface area contributed by atoms with Crippen molar-refractivity contribution in [1.29, 1.82) is 0 Å². The van der Waals surface area contributed by atoms with E-state index in [4.69, 9.17) is 16.3 Å². The first-order valence-electron chi connectivity index (χ1n) is 10.5. The molecule has 0 radical (unpaired) electrons. The van der Waals surface area contributed by atoms with Crippen LogP contribution in [0.4, 0.5) is 0 Å². The van der Waals surface area contributed by atoms with Gasteiger partial charge in [-0.05, 0) is 37.5 Å². The van der Waals surface area contributed by atoms with Gasteiger partial charge in [-0.3, -0.25) is 4.79 Å². The van der Waals surface area contributed by atoms with E-state index in [9.17, 15) is 14.8 Å². The number of benzene rings is 1. The molecule has 0 unspecified atom stereocenters. The normalized spacial score (nSPS) is 13.5. The highest BCUT2D eigenvalue weighted by molar-refractivity contribution is 6.43. The summed E-state index contributed by atoms with van der Waals surface area (Å²) >= 11 is 0. The molecule has 0 aliphatic carbocycles. The number of nitrogens with two attached hydrogens (primary N) is 2. The summed E-state index contributed by atoms with van der Waals surface area (Å²) in [5.74, 6) is 5.52. The smallest absolute Gasteiger partial charge is 0.475 e. The van der Waals surface area contributed by atoms with Gasteiger partial charge in [-0.2, -0.15) is 0 Å². The number of nitrogens with one attached hydrogen (secondary N) is 1. The van der Waals surface area contributed by atoms with Gasteiger partial charge >= 0.3 is 7.12 Å². The van der Waals surface area contributed by atoms with Crippen molar-refractivity contribution >= 4 is 18.7 Å². The molecule has 0 fully saturated rings. The van der Waals surface area contributed by atoms with Gasteiger partial charge in [0.05, 0.1) is 24.0 Å². The van der Waals surface area contributed by atoms with Gasteiger partial charge in [-0.1, -0.05) is 43.3 Å². The summed E-state index contributed by atoms with van der Waals surface area (Å²) in [7, 11) is -1.70. The molecule has 8 nitrogen and oxygen atoms in total. The van der Waals surface area contributed by atoms with E-state index in [1.165, 1.54) is 5.01 Å². The van der Waals surface area contributed by atoms with E-state index in [0.29, 0.717) is 12.3 Å². The van der Waals surface area contributed by atoms with Crippen LogP contribution in [0.3, 0.4) is 0 Å². The van der Waals surface area contributed by atoms with Crippen molar-refractivity contribution in [3.8, 4) is 0 Å². The predicted octanol–water partition coefficient (Wildman–Crippen LogP) is 1.67. The zero-order valence-electron chi connectivity index (χ0n) is 18.6. The lowest BCUT2D eigenvalue weighted by atomic mass is 9.75.